The first-order valence-corrected chi connectivity index (χ1v) is 3.15. The van der Waals surface area contributed by atoms with Crippen molar-refractivity contribution in [1.82, 2.24) is 0 Å². The van der Waals surface area contributed by atoms with E-state index in [0.717, 1.165) is 6.08 Å². The molecule has 2 atom stereocenters. The number of carbonyl (C=O) groups is 1. The van der Waals surface area contributed by atoms with E-state index >= 15 is 0 Å². The summed E-state index contributed by atoms with van der Waals surface area (Å²) in [5.74, 6) is -1.83. The van der Waals surface area contributed by atoms with Crippen molar-refractivity contribution < 1.29 is 13.6 Å². The van der Waals surface area contributed by atoms with E-state index in [1.165, 1.54) is 6.92 Å². The van der Waals surface area contributed by atoms with Gasteiger partial charge in [0.15, 0.2) is 6.17 Å². The van der Waals surface area contributed by atoms with Crippen molar-refractivity contribution in [3.8, 4) is 0 Å². The number of ketones is 1. The number of rotatable bonds is 0. The second kappa shape index (κ2) is 2.48. The molecule has 1 nitrogen and oxygen atoms in total. The van der Waals surface area contributed by atoms with E-state index in [1.807, 2.05) is 0 Å². The fraction of sp³-hybridized carbons (Fsp3) is 0.571. The van der Waals surface area contributed by atoms with Crippen LogP contribution in [0.25, 0.3) is 0 Å². The van der Waals surface area contributed by atoms with Crippen molar-refractivity contribution in [1.29, 1.82) is 0 Å². The van der Waals surface area contributed by atoms with Crippen LogP contribution in [0.3, 0.4) is 0 Å². The van der Waals surface area contributed by atoms with Gasteiger partial charge in [0.25, 0.3) is 0 Å². The summed E-state index contributed by atoms with van der Waals surface area (Å²) in [5.41, 5.74) is 0. The highest BCUT2D eigenvalue weighted by molar-refractivity contribution is 5.84. The number of Topliss-reactive ketones (excluding diaryl/α,β-unsaturated/α-hetero) is 1. The Bertz CT molecular complexity index is 186. The van der Waals surface area contributed by atoms with Crippen LogP contribution in [-0.2, 0) is 4.79 Å². The van der Waals surface area contributed by atoms with Gasteiger partial charge in [0.2, 0.25) is 0 Å². The Kier molecular flexibility index (Phi) is 1.83. The minimum absolute atomic E-state index is 0.0351. The minimum atomic E-state index is -1.71. The highest BCUT2D eigenvalue weighted by atomic mass is 19.2. The van der Waals surface area contributed by atoms with Gasteiger partial charge < -0.3 is 0 Å². The van der Waals surface area contributed by atoms with Gasteiger partial charge in [-0.05, 0) is 6.08 Å². The van der Waals surface area contributed by atoms with Crippen LogP contribution >= 0.6 is 0 Å². The van der Waals surface area contributed by atoms with E-state index in [2.05, 4.69) is 0 Å². The Morgan fingerprint density at radius 2 is 2.30 bits per heavy atom. The lowest BCUT2D eigenvalue weighted by Crippen LogP contribution is -2.26. The molecule has 0 aromatic rings. The average Bonchev–Trinajstić information content (AvgIpc) is 1.93. The maximum Gasteiger partial charge on any atom is 0.160 e. The van der Waals surface area contributed by atoms with Gasteiger partial charge in [-0.15, -0.1) is 0 Å². The molecule has 1 aliphatic rings. The van der Waals surface area contributed by atoms with E-state index < -0.39 is 17.9 Å². The molecule has 0 bridgehead atoms. The molecular formula is C7H8F2O. The van der Waals surface area contributed by atoms with Crippen LogP contribution in [0.5, 0.6) is 0 Å². The summed E-state index contributed by atoms with van der Waals surface area (Å²) in [7, 11) is 0. The van der Waals surface area contributed by atoms with Gasteiger partial charge in [-0.2, -0.15) is 0 Å². The molecule has 56 valence electrons. The van der Waals surface area contributed by atoms with E-state index in [1.54, 1.807) is 0 Å². The number of alkyl halides is 1. The average molecular weight is 146 g/mol. The van der Waals surface area contributed by atoms with Gasteiger partial charge in [-0.1, -0.05) is 6.92 Å². The predicted octanol–water partition coefficient (Wildman–Crippen LogP) is 1.79. The van der Waals surface area contributed by atoms with Crippen LogP contribution < -0.4 is 0 Å². The smallest absolute Gasteiger partial charge is 0.160 e. The molecule has 0 saturated heterocycles. The van der Waals surface area contributed by atoms with Crippen molar-refractivity contribution in [3.63, 3.8) is 0 Å². The number of carbonyl (C=O) groups excluding carboxylic acids is 1. The van der Waals surface area contributed by atoms with E-state index in [4.69, 9.17) is 0 Å². The summed E-state index contributed by atoms with van der Waals surface area (Å²) in [6.45, 7) is 1.40. The van der Waals surface area contributed by atoms with E-state index in [0.29, 0.717) is 0 Å². The molecular weight excluding hydrogens is 138 g/mol. The Morgan fingerprint density at radius 1 is 1.70 bits per heavy atom. The summed E-state index contributed by atoms with van der Waals surface area (Å²) in [5, 5.41) is 0. The zero-order valence-corrected chi connectivity index (χ0v) is 5.60. The molecule has 0 amide bonds. The van der Waals surface area contributed by atoms with Crippen molar-refractivity contribution in [2.24, 2.45) is 5.92 Å². The van der Waals surface area contributed by atoms with E-state index in [-0.39, 0.29) is 12.2 Å². The third kappa shape index (κ3) is 1.08. The Balaban J connectivity index is 2.80. The largest absolute Gasteiger partial charge is 0.299 e. The zero-order chi connectivity index (χ0) is 7.72. The fourth-order valence-electron chi connectivity index (χ4n) is 0.899. The van der Waals surface area contributed by atoms with Gasteiger partial charge in [0.05, 0.1) is 5.92 Å². The van der Waals surface area contributed by atoms with E-state index in [9.17, 15) is 13.6 Å². The molecule has 0 aliphatic heterocycles. The van der Waals surface area contributed by atoms with Gasteiger partial charge >= 0.3 is 0 Å². The molecule has 0 spiro atoms. The predicted molar refractivity (Wildman–Crippen MR) is 32.9 cm³/mol. The lowest BCUT2D eigenvalue weighted by Gasteiger charge is -2.17. The zero-order valence-electron chi connectivity index (χ0n) is 5.60. The highest BCUT2D eigenvalue weighted by Crippen LogP contribution is 2.24. The van der Waals surface area contributed by atoms with Gasteiger partial charge in [-0.3, -0.25) is 4.79 Å². The molecule has 2 unspecified atom stereocenters. The van der Waals surface area contributed by atoms with Crippen LogP contribution in [0.2, 0.25) is 0 Å². The lowest BCUT2D eigenvalue weighted by atomic mass is 9.92. The third-order valence-electron chi connectivity index (χ3n) is 1.71. The molecule has 0 aromatic carbocycles. The molecule has 0 radical (unpaired) electrons. The second-order valence-electron chi connectivity index (χ2n) is 2.45. The number of allylic oxidation sites excluding steroid dienone is 2. The standard InChI is InChI=1S/C7H8F2O/c1-4-6(10)3-2-5(8)7(4)9/h2,4,7H,3H2,1H3. The third-order valence-corrected chi connectivity index (χ3v) is 1.71. The summed E-state index contributed by atoms with van der Waals surface area (Å²) in [6.07, 6.45) is -0.665. The maximum atomic E-state index is 12.6. The molecule has 0 heterocycles. The first-order chi connectivity index (χ1) is 4.63. The molecule has 0 aromatic heterocycles. The van der Waals surface area contributed by atoms with Crippen molar-refractivity contribution in [2.75, 3.05) is 0 Å². The quantitative estimate of drug-likeness (QED) is 0.509. The molecule has 1 aliphatic carbocycles. The summed E-state index contributed by atoms with van der Waals surface area (Å²) in [4.78, 5) is 10.7. The summed E-state index contributed by atoms with van der Waals surface area (Å²) < 4.78 is 24.9. The van der Waals surface area contributed by atoms with Gasteiger partial charge in [0.1, 0.15) is 11.6 Å². The second-order valence-corrected chi connectivity index (χ2v) is 2.45. The highest BCUT2D eigenvalue weighted by Gasteiger charge is 2.30. The summed E-state index contributed by atoms with van der Waals surface area (Å²) >= 11 is 0. The van der Waals surface area contributed by atoms with Crippen LogP contribution in [0.4, 0.5) is 8.78 Å². The van der Waals surface area contributed by atoms with Crippen molar-refractivity contribution in [2.45, 2.75) is 19.5 Å². The molecule has 0 fully saturated rings. The number of hydrogen-bond donors (Lipinski definition) is 0. The molecule has 3 heteroatoms. The van der Waals surface area contributed by atoms with Gasteiger partial charge in [0, 0.05) is 6.42 Å². The minimum Gasteiger partial charge on any atom is -0.299 e. The molecule has 0 N–H and O–H groups in total. The van der Waals surface area contributed by atoms with Crippen LogP contribution in [0, 0.1) is 5.92 Å². The molecule has 1 rings (SSSR count). The number of halogens is 2. The first kappa shape index (κ1) is 7.38. The molecule has 0 saturated carbocycles. The van der Waals surface area contributed by atoms with Crippen molar-refractivity contribution in [3.05, 3.63) is 11.9 Å². The van der Waals surface area contributed by atoms with Crippen LogP contribution in [0.1, 0.15) is 13.3 Å². The van der Waals surface area contributed by atoms with Crippen molar-refractivity contribution >= 4 is 5.78 Å². The number of hydrogen-bond acceptors (Lipinski definition) is 1. The Morgan fingerprint density at radius 3 is 2.80 bits per heavy atom. The maximum absolute atomic E-state index is 12.6. The Labute approximate surface area is 57.7 Å². The van der Waals surface area contributed by atoms with Gasteiger partial charge in [-0.25, -0.2) is 8.78 Å². The lowest BCUT2D eigenvalue weighted by molar-refractivity contribution is -0.123. The topological polar surface area (TPSA) is 17.1 Å². The summed E-state index contributed by atoms with van der Waals surface area (Å²) in [6, 6.07) is 0. The van der Waals surface area contributed by atoms with Crippen LogP contribution in [0.15, 0.2) is 11.9 Å². The fourth-order valence-corrected chi connectivity index (χ4v) is 0.899. The Hall–Kier alpha value is -0.730. The monoisotopic (exact) mass is 146 g/mol. The SMILES string of the molecule is CC1C(=O)CC=C(F)C1F. The first-order valence-electron chi connectivity index (χ1n) is 3.15. The normalized spacial score (nSPS) is 33.9. The van der Waals surface area contributed by atoms with Crippen LogP contribution in [-0.4, -0.2) is 12.0 Å². The molecule has 10 heavy (non-hydrogen) atoms.